The number of hydrogen-bond donors (Lipinski definition) is 1. The molecule has 23 heavy (non-hydrogen) atoms. The van der Waals surface area contributed by atoms with Crippen molar-refractivity contribution in [2.45, 2.75) is 13.3 Å². The van der Waals surface area contributed by atoms with Gasteiger partial charge in [-0.25, -0.2) is 13.6 Å². The molecule has 4 nitrogen and oxygen atoms in total. The largest absolute Gasteiger partial charge is 0.328 e. The minimum absolute atomic E-state index is 0.0387. The van der Waals surface area contributed by atoms with Gasteiger partial charge >= 0.3 is 6.03 Å². The number of carbonyl (C=O) groups excluding carboxylic acids is 2. The minimum atomic E-state index is -1.23. The lowest BCUT2D eigenvalue weighted by atomic mass is 10.2. The number of thiophene rings is 1. The normalized spacial score (nSPS) is 10.5. The molecule has 2 rings (SSSR count). The fraction of sp³-hybridized carbons (Fsp3) is 0.200. The van der Waals surface area contributed by atoms with Crippen molar-refractivity contribution in [3.8, 4) is 0 Å². The molecule has 3 amide bonds. The summed E-state index contributed by atoms with van der Waals surface area (Å²) < 4.78 is 40.8. The highest BCUT2D eigenvalue weighted by atomic mass is 32.1. The van der Waals surface area contributed by atoms with Crippen LogP contribution >= 0.6 is 11.3 Å². The SMILES string of the molecule is CCc1csc(F)c1N(C)C(=O)NC(=O)c1c(F)cccc1F. The Bertz CT molecular complexity index is 741. The lowest BCUT2D eigenvalue weighted by Crippen LogP contribution is -2.41. The average Bonchev–Trinajstić information content (AvgIpc) is 2.87. The number of urea groups is 1. The number of anilines is 1. The standard InChI is InChI=1S/C15H13F3N2O2S/c1-3-8-7-23-13(18)12(8)20(2)15(22)19-14(21)11-9(16)5-4-6-10(11)17/h4-7H,3H2,1-2H3,(H,19,21,22). The van der Waals surface area contributed by atoms with Gasteiger partial charge in [0.05, 0.1) is 5.69 Å². The molecule has 0 radical (unpaired) electrons. The van der Waals surface area contributed by atoms with E-state index < -0.39 is 34.3 Å². The Labute approximate surface area is 134 Å². The van der Waals surface area contributed by atoms with Gasteiger partial charge in [0, 0.05) is 7.05 Å². The van der Waals surface area contributed by atoms with Gasteiger partial charge in [-0.3, -0.25) is 15.0 Å². The Hall–Kier alpha value is -2.35. The topological polar surface area (TPSA) is 49.4 Å². The second-order valence-corrected chi connectivity index (χ2v) is 5.48. The van der Waals surface area contributed by atoms with Crippen molar-refractivity contribution in [3.05, 3.63) is 51.5 Å². The summed E-state index contributed by atoms with van der Waals surface area (Å²) in [5.74, 6) is -3.41. The van der Waals surface area contributed by atoms with Crippen LogP contribution in [0.3, 0.4) is 0 Å². The second-order valence-electron chi connectivity index (χ2n) is 4.65. The first-order valence-corrected chi connectivity index (χ1v) is 7.53. The van der Waals surface area contributed by atoms with Crippen molar-refractivity contribution in [2.24, 2.45) is 0 Å². The molecule has 2 aromatic rings. The molecular formula is C15H13F3N2O2S. The van der Waals surface area contributed by atoms with Gasteiger partial charge in [0.25, 0.3) is 5.91 Å². The number of nitrogens with one attached hydrogen (secondary N) is 1. The number of carbonyl (C=O) groups is 2. The number of rotatable bonds is 3. The highest BCUT2D eigenvalue weighted by Crippen LogP contribution is 2.29. The number of amides is 3. The second kappa shape index (κ2) is 6.82. The van der Waals surface area contributed by atoms with Crippen LogP contribution < -0.4 is 10.2 Å². The minimum Gasteiger partial charge on any atom is -0.293 e. The summed E-state index contributed by atoms with van der Waals surface area (Å²) in [6, 6.07) is 1.92. The third kappa shape index (κ3) is 3.37. The molecule has 0 atom stereocenters. The Morgan fingerprint density at radius 1 is 1.22 bits per heavy atom. The number of benzene rings is 1. The Kier molecular flexibility index (Phi) is 5.05. The number of hydrogen-bond acceptors (Lipinski definition) is 3. The number of aryl methyl sites for hydroxylation is 1. The van der Waals surface area contributed by atoms with Crippen LogP contribution in [0.4, 0.5) is 23.7 Å². The number of imide groups is 1. The maximum Gasteiger partial charge on any atom is 0.328 e. The molecule has 0 aliphatic carbocycles. The number of halogens is 3. The molecule has 0 fully saturated rings. The monoisotopic (exact) mass is 342 g/mol. The van der Waals surface area contributed by atoms with Crippen molar-refractivity contribution in [1.29, 1.82) is 0 Å². The molecule has 0 spiro atoms. The summed E-state index contributed by atoms with van der Waals surface area (Å²) in [5.41, 5.74) is -0.234. The zero-order valence-corrected chi connectivity index (χ0v) is 13.1. The van der Waals surface area contributed by atoms with Crippen molar-refractivity contribution in [1.82, 2.24) is 5.32 Å². The molecule has 1 N–H and O–H groups in total. The highest BCUT2D eigenvalue weighted by molar-refractivity contribution is 7.08. The van der Waals surface area contributed by atoms with Crippen LogP contribution in [0.25, 0.3) is 0 Å². The van der Waals surface area contributed by atoms with E-state index in [0.717, 1.165) is 34.4 Å². The molecule has 1 aromatic carbocycles. The number of nitrogens with zero attached hydrogens (tertiary/aromatic N) is 1. The van der Waals surface area contributed by atoms with Gasteiger partial charge in [-0.2, -0.15) is 4.39 Å². The maximum atomic E-state index is 13.8. The predicted octanol–water partition coefficient (Wildman–Crippen LogP) is 3.71. The predicted molar refractivity (Wildman–Crippen MR) is 81.3 cm³/mol. The van der Waals surface area contributed by atoms with Crippen molar-refractivity contribution in [3.63, 3.8) is 0 Å². The van der Waals surface area contributed by atoms with E-state index in [4.69, 9.17) is 0 Å². The average molecular weight is 342 g/mol. The molecule has 1 heterocycles. The van der Waals surface area contributed by atoms with E-state index in [0.29, 0.717) is 12.0 Å². The van der Waals surface area contributed by atoms with Gasteiger partial charge in [-0.15, -0.1) is 11.3 Å². The third-order valence-corrected chi connectivity index (χ3v) is 4.03. The van der Waals surface area contributed by atoms with Gasteiger partial charge < -0.3 is 0 Å². The summed E-state index contributed by atoms with van der Waals surface area (Å²) >= 11 is 0.828. The lowest BCUT2D eigenvalue weighted by molar-refractivity contribution is 0.0957. The molecule has 0 saturated heterocycles. The van der Waals surface area contributed by atoms with E-state index in [1.807, 2.05) is 5.32 Å². The maximum absolute atomic E-state index is 13.8. The quantitative estimate of drug-likeness (QED) is 0.924. The van der Waals surface area contributed by atoms with E-state index in [1.165, 1.54) is 7.05 Å². The summed E-state index contributed by atoms with van der Waals surface area (Å²) in [4.78, 5) is 24.8. The molecule has 0 aliphatic rings. The third-order valence-electron chi connectivity index (χ3n) is 3.23. The fourth-order valence-corrected chi connectivity index (χ4v) is 2.92. The van der Waals surface area contributed by atoms with Crippen LogP contribution in [-0.2, 0) is 6.42 Å². The van der Waals surface area contributed by atoms with E-state index in [2.05, 4.69) is 0 Å². The van der Waals surface area contributed by atoms with Crippen LogP contribution in [0.5, 0.6) is 0 Å². The lowest BCUT2D eigenvalue weighted by Gasteiger charge is -2.18. The molecule has 1 aromatic heterocycles. The first-order chi connectivity index (χ1) is 10.9. The summed E-state index contributed by atoms with van der Waals surface area (Å²) in [5, 5.41) is 2.83. The zero-order valence-electron chi connectivity index (χ0n) is 12.3. The van der Waals surface area contributed by atoms with Crippen LogP contribution in [0.2, 0.25) is 0 Å². The summed E-state index contributed by atoms with van der Waals surface area (Å²) in [6.45, 7) is 1.79. The van der Waals surface area contributed by atoms with Gasteiger partial charge in [-0.1, -0.05) is 13.0 Å². The van der Waals surface area contributed by atoms with Crippen molar-refractivity contribution < 1.29 is 22.8 Å². The molecule has 0 aliphatic heterocycles. The summed E-state index contributed by atoms with van der Waals surface area (Å²) in [7, 11) is 1.27. The zero-order chi connectivity index (χ0) is 17.1. The van der Waals surface area contributed by atoms with Crippen LogP contribution in [0.1, 0.15) is 22.8 Å². The van der Waals surface area contributed by atoms with E-state index in [-0.39, 0.29) is 5.69 Å². The van der Waals surface area contributed by atoms with E-state index >= 15 is 0 Å². The van der Waals surface area contributed by atoms with Crippen molar-refractivity contribution in [2.75, 3.05) is 11.9 Å². The molecule has 0 saturated carbocycles. The highest BCUT2D eigenvalue weighted by Gasteiger charge is 2.24. The van der Waals surface area contributed by atoms with Gasteiger partial charge in [0.1, 0.15) is 17.2 Å². The van der Waals surface area contributed by atoms with Gasteiger partial charge in [-0.05, 0) is 29.5 Å². The first kappa shape index (κ1) is 17.0. The van der Waals surface area contributed by atoms with E-state index in [9.17, 15) is 22.8 Å². The van der Waals surface area contributed by atoms with Gasteiger partial charge in [0.15, 0.2) is 0 Å². The van der Waals surface area contributed by atoms with Crippen LogP contribution in [0, 0.1) is 16.8 Å². The molecular weight excluding hydrogens is 329 g/mol. The van der Waals surface area contributed by atoms with Crippen molar-refractivity contribution >= 4 is 29.0 Å². The summed E-state index contributed by atoms with van der Waals surface area (Å²) in [6.07, 6.45) is 0.489. The fourth-order valence-electron chi connectivity index (χ4n) is 2.02. The molecule has 0 unspecified atom stereocenters. The first-order valence-electron chi connectivity index (χ1n) is 6.65. The van der Waals surface area contributed by atoms with Gasteiger partial charge in [0.2, 0.25) is 5.13 Å². The molecule has 122 valence electrons. The van der Waals surface area contributed by atoms with Crippen LogP contribution in [0.15, 0.2) is 23.6 Å². The Morgan fingerprint density at radius 3 is 2.39 bits per heavy atom. The van der Waals surface area contributed by atoms with E-state index in [1.54, 1.807) is 12.3 Å². The molecule has 8 heteroatoms. The van der Waals surface area contributed by atoms with Crippen LogP contribution in [-0.4, -0.2) is 19.0 Å². The Morgan fingerprint density at radius 2 is 1.83 bits per heavy atom. The Balaban J connectivity index is 2.21. The smallest absolute Gasteiger partial charge is 0.293 e. The molecule has 0 bridgehead atoms.